The highest BCUT2D eigenvalue weighted by molar-refractivity contribution is 5.93. The second-order valence-corrected chi connectivity index (χ2v) is 4.81. The molecule has 0 aliphatic carbocycles. The lowest BCUT2D eigenvalue weighted by Crippen LogP contribution is -2.21. The van der Waals surface area contributed by atoms with Crippen LogP contribution < -0.4 is 4.74 Å². The van der Waals surface area contributed by atoms with Crippen molar-refractivity contribution in [3.05, 3.63) is 39.6 Å². The fourth-order valence-electron chi connectivity index (χ4n) is 1.64. The number of esters is 1. The highest BCUT2D eigenvalue weighted by atomic mass is 17.2. The molecule has 0 radical (unpaired) electrons. The number of hydrogen-bond donors (Lipinski definition) is 0. The fraction of sp³-hybridized carbons (Fsp3) is 0.400. The van der Waals surface area contributed by atoms with Gasteiger partial charge in [-0.1, -0.05) is 12.1 Å². The van der Waals surface area contributed by atoms with E-state index in [1.54, 1.807) is 0 Å². The van der Waals surface area contributed by atoms with E-state index < -0.39 is 23.6 Å². The van der Waals surface area contributed by atoms with E-state index in [9.17, 15) is 24.2 Å². The van der Waals surface area contributed by atoms with Gasteiger partial charge in [0.25, 0.3) is 6.61 Å². The van der Waals surface area contributed by atoms with Crippen molar-refractivity contribution in [1.82, 2.24) is 0 Å². The molecule has 1 aromatic carbocycles. The van der Waals surface area contributed by atoms with Gasteiger partial charge in [0.15, 0.2) is 13.7 Å². The Labute approximate surface area is 163 Å². The number of hydrogen-bond acceptors (Lipinski definition) is 12. The van der Waals surface area contributed by atoms with Crippen molar-refractivity contribution in [1.29, 1.82) is 0 Å². The molecule has 0 bridgehead atoms. The first-order chi connectivity index (χ1) is 14.0. The molecule has 0 saturated carbocycles. The zero-order chi connectivity index (χ0) is 21.5. The zero-order valence-electron chi connectivity index (χ0n) is 15.2. The third-order valence-corrected chi connectivity index (χ3v) is 2.85. The van der Waals surface area contributed by atoms with Gasteiger partial charge in [-0.25, -0.2) is 14.4 Å². The highest BCUT2D eigenvalue weighted by Gasteiger charge is 2.21. The van der Waals surface area contributed by atoms with E-state index in [2.05, 4.69) is 24.2 Å². The molecule has 0 aliphatic heterocycles. The Morgan fingerprint density at radius 2 is 1.76 bits per heavy atom. The van der Waals surface area contributed by atoms with Crippen LogP contribution in [0.5, 0.6) is 5.75 Å². The molecular weight excluding hydrogens is 400 g/mol. The minimum atomic E-state index is -1.05. The second-order valence-electron chi connectivity index (χ2n) is 4.81. The van der Waals surface area contributed by atoms with E-state index >= 15 is 0 Å². The van der Waals surface area contributed by atoms with E-state index in [-0.39, 0.29) is 36.1 Å². The summed E-state index contributed by atoms with van der Waals surface area (Å²) in [7, 11) is 1.15. The summed E-state index contributed by atoms with van der Waals surface area (Å²) in [6.07, 6.45) is 0.839. The number of nitrogens with zero attached hydrogens (tertiary/aromatic N) is 2. The van der Waals surface area contributed by atoms with Crippen LogP contribution in [0.4, 0.5) is 0 Å². The Balaban J connectivity index is 2.40. The summed E-state index contributed by atoms with van der Waals surface area (Å²) in [5.74, 6) is -2.16. The van der Waals surface area contributed by atoms with E-state index in [1.165, 1.54) is 24.3 Å². The van der Waals surface area contributed by atoms with Gasteiger partial charge in [-0.2, -0.15) is 19.4 Å². The zero-order valence-corrected chi connectivity index (χ0v) is 15.2. The van der Waals surface area contributed by atoms with Crippen molar-refractivity contribution >= 4 is 18.4 Å². The van der Waals surface area contributed by atoms with Gasteiger partial charge < -0.3 is 4.74 Å². The smallest absolute Gasteiger partial charge is 0.423 e. The third-order valence-electron chi connectivity index (χ3n) is 2.85. The molecule has 0 heterocycles. The number of rotatable bonds is 15. The van der Waals surface area contributed by atoms with Crippen molar-refractivity contribution in [2.24, 2.45) is 0 Å². The van der Waals surface area contributed by atoms with Crippen molar-refractivity contribution in [3.8, 4) is 5.75 Å². The molecule has 1 rings (SSSR count). The first kappa shape index (κ1) is 23.2. The minimum Gasteiger partial charge on any atom is -0.423 e. The number of carbonyl (C=O) groups is 3. The molecule has 0 spiro atoms. The molecule has 0 N–H and O–H groups in total. The van der Waals surface area contributed by atoms with Gasteiger partial charge in [0.05, 0.1) is 6.61 Å². The quantitative estimate of drug-likeness (QED) is 0.0973. The lowest BCUT2D eigenvalue weighted by Gasteiger charge is -2.08. The summed E-state index contributed by atoms with van der Waals surface area (Å²) >= 11 is 0. The van der Waals surface area contributed by atoms with Crippen molar-refractivity contribution in [2.45, 2.75) is 12.8 Å². The molecule has 14 nitrogen and oxygen atoms in total. The average molecular weight is 418 g/mol. The lowest BCUT2D eigenvalue weighted by atomic mass is 10.2. The summed E-state index contributed by atoms with van der Waals surface area (Å²) in [5.41, 5.74) is -0.130. The monoisotopic (exact) mass is 418 g/mol. The number of carbonyl (C=O) groups excluding carboxylic acids is 3. The van der Waals surface area contributed by atoms with Crippen LogP contribution in [0.25, 0.3) is 0 Å². The van der Waals surface area contributed by atoms with Crippen LogP contribution in [0.1, 0.15) is 23.2 Å². The van der Waals surface area contributed by atoms with Gasteiger partial charge >= 0.3 is 28.6 Å². The first-order valence-corrected chi connectivity index (χ1v) is 7.96. The molecule has 0 saturated heterocycles. The second kappa shape index (κ2) is 13.4. The molecule has 29 heavy (non-hydrogen) atoms. The Morgan fingerprint density at radius 1 is 1.03 bits per heavy atom. The number of unbranched alkanes of at least 4 members (excludes halogenated alkanes) is 1. The number of para-hydroxylation sites is 1. The maximum Gasteiger partial charge on any atom is 0.486 e. The molecular formula is C15H18N2O12+2. The first-order valence-electron chi connectivity index (χ1n) is 7.96. The van der Waals surface area contributed by atoms with E-state index in [0.29, 0.717) is 12.8 Å². The predicted molar refractivity (Wildman–Crippen MR) is 86.0 cm³/mol. The van der Waals surface area contributed by atoms with E-state index in [4.69, 9.17) is 9.62 Å². The maximum atomic E-state index is 12.0. The van der Waals surface area contributed by atoms with Gasteiger partial charge in [-0.05, 0) is 25.0 Å². The predicted octanol–water partition coefficient (Wildman–Crippen LogP) is 0.531. The average Bonchev–Trinajstić information content (AvgIpc) is 2.71. The largest absolute Gasteiger partial charge is 0.486 e. The van der Waals surface area contributed by atoms with Crippen molar-refractivity contribution in [3.63, 3.8) is 0 Å². The number of benzene rings is 1. The summed E-state index contributed by atoms with van der Waals surface area (Å²) in [4.78, 5) is 81.1. The van der Waals surface area contributed by atoms with Gasteiger partial charge in [0.1, 0.15) is 21.1 Å². The van der Waals surface area contributed by atoms with Gasteiger partial charge in [-0.3, -0.25) is 4.89 Å². The lowest BCUT2D eigenvalue weighted by molar-refractivity contribution is -0.977. The van der Waals surface area contributed by atoms with E-state index in [1.807, 2.05) is 0 Å². The van der Waals surface area contributed by atoms with Crippen LogP contribution in [0, 0.1) is 9.81 Å². The van der Waals surface area contributed by atoms with Gasteiger partial charge in [0, 0.05) is 0 Å². The van der Waals surface area contributed by atoms with Crippen LogP contribution in [-0.2, 0) is 38.7 Å². The van der Waals surface area contributed by atoms with Crippen LogP contribution in [-0.4, -0.2) is 55.5 Å². The summed E-state index contributed by atoms with van der Waals surface area (Å²) in [6.45, 7) is -0.987. The van der Waals surface area contributed by atoms with Crippen molar-refractivity contribution < 1.29 is 58.4 Å². The van der Waals surface area contributed by atoms with Gasteiger partial charge in [-0.15, -0.1) is 4.84 Å². The molecule has 0 aromatic heterocycles. The maximum absolute atomic E-state index is 12.0. The fourth-order valence-corrected chi connectivity index (χ4v) is 1.64. The van der Waals surface area contributed by atoms with Gasteiger partial charge in [0.2, 0.25) is 0 Å². The molecule has 0 aliphatic rings. The third kappa shape index (κ3) is 9.62. The SMILES string of the molecule is CO[N+](=O)OCCCCOOC(=O)c1ccccc1OC(=O)CO[N+](=O)OC=O. The summed E-state index contributed by atoms with van der Waals surface area (Å²) in [5, 5.41) is -0.634. The summed E-state index contributed by atoms with van der Waals surface area (Å²) in [6, 6.07) is 5.58. The Kier molecular flexibility index (Phi) is 10.7. The molecule has 14 heteroatoms. The molecule has 0 fully saturated rings. The Morgan fingerprint density at radius 3 is 2.48 bits per heavy atom. The van der Waals surface area contributed by atoms with Crippen molar-refractivity contribution in [2.75, 3.05) is 26.9 Å². The molecule has 1 aromatic rings. The molecule has 0 unspecified atom stereocenters. The van der Waals surface area contributed by atoms with Crippen LogP contribution in [0.3, 0.4) is 0 Å². The molecule has 158 valence electrons. The summed E-state index contributed by atoms with van der Waals surface area (Å²) < 4.78 is 4.90. The topological polar surface area (TPSA) is 156 Å². The minimum absolute atomic E-state index is 0.0206. The molecule has 0 atom stereocenters. The standard InChI is InChI=1S/C15H18N2O12/c1-23-16(21)24-8-4-5-9-27-29-15(20)12-6-2-3-7-13(12)28-14(19)10-25-17(22)26-11-18/h2-3,6-7,11H,4-5,8-10H2,1H3/q+2. The van der Waals surface area contributed by atoms with E-state index in [0.717, 1.165) is 7.11 Å². The van der Waals surface area contributed by atoms with Crippen LogP contribution >= 0.6 is 0 Å². The number of ether oxygens (including phenoxy) is 1. The normalized spacial score (nSPS) is 9.69. The van der Waals surface area contributed by atoms with Crippen LogP contribution in [0.2, 0.25) is 0 Å². The molecule has 0 amide bonds. The highest BCUT2D eigenvalue weighted by Crippen LogP contribution is 2.19. The van der Waals surface area contributed by atoms with Crippen LogP contribution in [0.15, 0.2) is 24.3 Å². The Bertz CT molecular complexity index is 723. The Hall–Kier alpha value is -3.81.